The minimum Gasteiger partial charge on any atom is -0.463 e. The van der Waals surface area contributed by atoms with Crippen molar-refractivity contribution in [1.29, 1.82) is 0 Å². The molecule has 0 aliphatic carbocycles. The SMILES string of the molecule is O=c1c(-c2cccc3cnccc23)coc2ccccc12. The molecule has 0 unspecified atom stereocenters. The van der Waals surface area contributed by atoms with Gasteiger partial charge in [-0.2, -0.15) is 0 Å². The quantitative estimate of drug-likeness (QED) is 0.526. The number of aromatic nitrogens is 1. The van der Waals surface area contributed by atoms with Gasteiger partial charge in [-0.1, -0.05) is 30.3 Å². The molecule has 100 valence electrons. The van der Waals surface area contributed by atoms with Crippen molar-refractivity contribution in [1.82, 2.24) is 4.98 Å². The summed E-state index contributed by atoms with van der Waals surface area (Å²) in [6.45, 7) is 0. The maximum atomic E-state index is 12.7. The third-order valence-corrected chi connectivity index (χ3v) is 3.65. The summed E-state index contributed by atoms with van der Waals surface area (Å²) in [4.78, 5) is 16.8. The summed E-state index contributed by atoms with van der Waals surface area (Å²) in [5, 5.41) is 2.60. The Hall–Kier alpha value is -2.94. The molecule has 0 amide bonds. The largest absolute Gasteiger partial charge is 0.463 e. The van der Waals surface area contributed by atoms with Gasteiger partial charge in [0.25, 0.3) is 0 Å². The summed E-state index contributed by atoms with van der Waals surface area (Å²) in [6.07, 6.45) is 5.07. The normalized spacial score (nSPS) is 11.0. The minimum absolute atomic E-state index is 0.0128. The molecule has 2 aromatic heterocycles. The highest BCUT2D eigenvalue weighted by Crippen LogP contribution is 2.27. The summed E-state index contributed by atoms with van der Waals surface area (Å²) in [7, 11) is 0. The van der Waals surface area contributed by atoms with E-state index in [4.69, 9.17) is 4.42 Å². The van der Waals surface area contributed by atoms with Crippen LogP contribution < -0.4 is 5.43 Å². The Balaban J connectivity index is 2.10. The first kappa shape index (κ1) is 11.9. The number of hydrogen-bond donors (Lipinski definition) is 0. The molecule has 3 nitrogen and oxygen atoms in total. The van der Waals surface area contributed by atoms with E-state index in [0.717, 1.165) is 16.3 Å². The number of rotatable bonds is 1. The smallest absolute Gasteiger partial charge is 0.200 e. The maximum absolute atomic E-state index is 12.7. The lowest BCUT2D eigenvalue weighted by Crippen LogP contribution is -2.04. The number of pyridine rings is 1. The van der Waals surface area contributed by atoms with Crippen LogP contribution in [0, 0.1) is 0 Å². The molecular formula is C18H11NO2. The van der Waals surface area contributed by atoms with Crippen molar-refractivity contribution in [3.63, 3.8) is 0 Å². The average molecular weight is 273 g/mol. The molecule has 0 bridgehead atoms. The lowest BCUT2D eigenvalue weighted by Gasteiger charge is -2.06. The first-order chi connectivity index (χ1) is 10.3. The van der Waals surface area contributed by atoms with E-state index in [1.165, 1.54) is 0 Å². The van der Waals surface area contributed by atoms with E-state index in [1.54, 1.807) is 30.8 Å². The van der Waals surface area contributed by atoms with Crippen LogP contribution in [0.4, 0.5) is 0 Å². The van der Waals surface area contributed by atoms with Gasteiger partial charge in [-0.05, 0) is 29.1 Å². The van der Waals surface area contributed by atoms with Gasteiger partial charge < -0.3 is 4.42 Å². The Morgan fingerprint density at radius 2 is 1.76 bits per heavy atom. The molecule has 0 aliphatic heterocycles. The van der Waals surface area contributed by atoms with E-state index in [0.29, 0.717) is 16.5 Å². The Labute approximate surface area is 120 Å². The van der Waals surface area contributed by atoms with Gasteiger partial charge in [0.15, 0.2) is 0 Å². The predicted octanol–water partition coefficient (Wildman–Crippen LogP) is 4.01. The summed E-state index contributed by atoms with van der Waals surface area (Å²) in [5.74, 6) is 0. The average Bonchev–Trinajstić information content (AvgIpc) is 2.55. The van der Waals surface area contributed by atoms with Crippen LogP contribution in [0.2, 0.25) is 0 Å². The fourth-order valence-corrected chi connectivity index (χ4v) is 2.62. The second kappa shape index (κ2) is 4.56. The summed E-state index contributed by atoms with van der Waals surface area (Å²) >= 11 is 0. The van der Waals surface area contributed by atoms with Crippen LogP contribution >= 0.6 is 0 Å². The van der Waals surface area contributed by atoms with E-state index in [9.17, 15) is 4.79 Å². The highest BCUT2D eigenvalue weighted by molar-refractivity contribution is 5.97. The van der Waals surface area contributed by atoms with Crippen molar-refractivity contribution in [2.24, 2.45) is 0 Å². The van der Waals surface area contributed by atoms with E-state index < -0.39 is 0 Å². The van der Waals surface area contributed by atoms with Gasteiger partial charge in [-0.15, -0.1) is 0 Å². The molecule has 0 N–H and O–H groups in total. The molecule has 2 heterocycles. The van der Waals surface area contributed by atoms with Crippen molar-refractivity contribution in [2.75, 3.05) is 0 Å². The molecule has 0 atom stereocenters. The Morgan fingerprint density at radius 3 is 2.71 bits per heavy atom. The Kier molecular flexibility index (Phi) is 2.57. The standard InChI is InChI=1S/C18H11NO2/c20-18-15-5-1-2-7-17(15)21-11-16(18)14-6-3-4-12-10-19-9-8-13(12)14/h1-11H. The van der Waals surface area contributed by atoms with Gasteiger partial charge in [0.05, 0.1) is 10.9 Å². The molecule has 0 saturated heterocycles. The molecule has 4 aromatic rings. The predicted molar refractivity (Wildman–Crippen MR) is 83.2 cm³/mol. The zero-order valence-corrected chi connectivity index (χ0v) is 11.1. The highest BCUT2D eigenvalue weighted by Gasteiger charge is 2.11. The lowest BCUT2D eigenvalue weighted by atomic mass is 10.00. The van der Waals surface area contributed by atoms with E-state index in [1.807, 2.05) is 36.4 Å². The van der Waals surface area contributed by atoms with Gasteiger partial charge in [-0.25, -0.2) is 0 Å². The van der Waals surface area contributed by atoms with Crippen molar-refractivity contribution >= 4 is 21.7 Å². The third kappa shape index (κ3) is 1.82. The molecule has 3 heteroatoms. The monoisotopic (exact) mass is 273 g/mol. The molecule has 0 fully saturated rings. The second-order valence-corrected chi connectivity index (χ2v) is 4.88. The van der Waals surface area contributed by atoms with Gasteiger partial charge in [0, 0.05) is 17.8 Å². The minimum atomic E-state index is -0.0128. The molecule has 0 aliphatic rings. The zero-order valence-electron chi connectivity index (χ0n) is 11.1. The van der Waals surface area contributed by atoms with Crippen molar-refractivity contribution in [3.8, 4) is 11.1 Å². The topological polar surface area (TPSA) is 43.1 Å². The maximum Gasteiger partial charge on any atom is 0.200 e. The number of benzene rings is 2. The van der Waals surface area contributed by atoms with Crippen LogP contribution in [-0.2, 0) is 0 Å². The Morgan fingerprint density at radius 1 is 0.857 bits per heavy atom. The van der Waals surface area contributed by atoms with Crippen LogP contribution in [0.5, 0.6) is 0 Å². The van der Waals surface area contributed by atoms with Crippen LogP contribution in [0.25, 0.3) is 32.9 Å². The van der Waals surface area contributed by atoms with E-state index >= 15 is 0 Å². The van der Waals surface area contributed by atoms with E-state index in [2.05, 4.69) is 4.98 Å². The highest BCUT2D eigenvalue weighted by atomic mass is 16.3. The van der Waals surface area contributed by atoms with Gasteiger partial charge in [-0.3, -0.25) is 9.78 Å². The zero-order chi connectivity index (χ0) is 14.2. The fraction of sp³-hybridized carbons (Fsp3) is 0. The number of fused-ring (bicyclic) bond motifs is 2. The van der Waals surface area contributed by atoms with Gasteiger partial charge in [0.1, 0.15) is 11.8 Å². The summed E-state index contributed by atoms with van der Waals surface area (Å²) in [5.41, 5.74) is 2.04. The van der Waals surface area contributed by atoms with Crippen molar-refractivity contribution in [2.45, 2.75) is 0 Å². The van der Waals surface area contributed by atoms with Crippen LogP contribution in [0.15, 0.2) is 76.4 Å². The van der Waals surface area contributed by atoms with Crippen molar-refractivity contribution in [3.05, 3.63) is 77.4 Å². The van der Waals surface area contributed by atoms with Crippen molar-refractivity contribution < 1.29 is 4.42 Å². The molecular weight excluding hydrogens is 262 g/mol. The fourth-order valence-electron chi connectivity index (χ4n) is 2.62. The first-order valence-electron chi connectivity index (χ1n) is 6.68. The lowest BCUT2D eigenvalue weighted by molar-refractivity contribution is 0.604. The summed E-state index contributed by atoms with van der Waals surface area (Å²) < 4.78 is 5.61. The molecule has 2 aromatic carbocycles. The first-order valence-corrected chi connectivity index (χ1v) is 6.68. The van der Waals surface area contributed by atoms with Crippen LogP contribution in [0.1, 0.15) is 0 Å². The molecule has 0 saturated carbocycles. The van der Waals surface area contributed by atoms with E-state index in [-0.39, 0.29) is 5.43 Å². The molecule has 0 spiro atoms. The Bertz CT molecular complexity index is 1010. The van der Waals surface area contributed by atoms with Crippen LogP contribution in [0.3, 0.4) is 0 Å². The van der Waals surface area contributed by atoms with Gasteiger partial charge in [0.2, 0.25) is 5.43 Å². The number of hydrogen-bond acceptors (Lipinski definition) is 3. The molecule has 21 heavy (non-hydrogen) atoms. The number of para-hydroxylation sites is 1. The van der Waals surface area contributed by atoms with Crippen LogP contribution in [-0.4, -0.2) is 4.98 Å². The number of nitrogens with zero attached hydrogens (tertiary/aromatic N) is 1. The third-order valence-electron chi connectivity index (χ3n) is 3.65. The summed E-state index contributed by atoms with van der Waals surface area (Å²) in [6, 6.07) is 15.0. The molecule has 0 radical (unpaired) electrons. The molecule has 4 rings (SSSR count). The van der Waals surface area contributed by atoms with Gasteiger partial charge >= 0.3 is 0 Å². The second-order valence-electron chi connectivity index (χ2n) is 4.88.